The summed E-state index contributed by atoms with van der Waals surface area (Å²) >= 11 is 2.12. The van der Waals surface area contributed by atoms with Crippen molar-refractivity contribution >= 4 is 52.2 Å². The number of methoxy groups -OCH3 is 1. The Kier molecular flexibility index (Phi) is 8.12. The van der Waals surface area contributed by atoms with Gasteiger partial charge in [0, 0.05) is 0 Å². The van der Waals surface area contributed by atoms with Crippen molar-refractivity contribution in [3.05, 3.63) is 86.5 Å². The summed E-state index contributed by atoms with van der Waals surface area (Å²) in [5.74, 6) is 0.110. The van der Waals surface area contributed by atoms with Crippen LogP contribution < -0.4 is 24.4 Å². The summed E-state index contributed by atoms with van der Waals surface area (Å²) in [5.41, 5.74) is 2.84. The lowest BCUT2D eigenvalue weighted by atomic mass is 10.1. The second-order valence-corrected chi connectivity index (χ2v) is 9.36. The van der Waals surface area contributed by atoms with Crippen molar-refractivity contribution in [2.24, 2.45) is 0 Å². The number of hydrogen-bond acceptors (Lipinski definition) is 6. The fourth-order valence-corrected chi connectivity index (χ4v) is 4.62. The number of hydrogen-bond donors (Lipinski definition) is 1. The molecule has 0 radical (unpaired) electrons. The van der Waals surface area contributed by atoms with Crippen molar-refractivity contribution in [2.45, 2.75) is 20.5 Å². The van der Waals surface area contributed by atoms with Gasteiger partial charge in [-0.05, 0) is 90.0 Å². The first-order valence-corrected chi connectivity index (χ1v) is 12.6. The highest BCUT2D eigenvalue weighted by Crippen LogP contribution is 2.35. The van der Waals surface area contributed by atoms with E-state index in [2.05, 4.69) is 27.9 Å². The van der Waals surface area contributed by atoms with Crippen LogP contribution in [0.5, 0.6) is 17.2 Å². The lowest BCUT2D eigenvalue weighted by molar-refractivity contribution is -0.122. The van der Waals surface area contributed by atoms with Crippen molar-refractivity contribution in [1.82, 2.24) is 5.32 Å². The number of halogens is 1. The number of nitrogens with one attached hydrogen (secondary N) is 1. The van der Waals surface area contributed by atoms with Crippen LogP contribution in [0.15, 0.2) is 66.2 Å². The Morgan fingerprint density at radius 1 is 1.00 bits per heavy atom. The van der Waals surface area contributed by atoms with Crippen molar-refractivity contribution in [3.63, 3.8) is 0 Å². The van der Waals surface area contributed by atoms with Crippen LogP contribution >= 0.6 is 22.6 Å². The predicted octanol–water partition coefficient (Wildman–Crippen LogP) is 5.25. The fourth-order valence-electron chi connectivity index (χ4n) is 3.84. The minimum absolute atomic E-state index is 0.181. The summed E-state index contributed by atoms with van der Waals surface area (Å²) in [6.07, 6.45) is 1.43. The quantitative estimate of drug-likeness (QED) is 0.212. The third kappa shape index (κ3) is 5.93. The highest BCUT2D eigenvalue weighted by molar-refractivity contribution is 14.1. The first-order valence-electron chi connectivity index (χ1n) is 11.5. The second kappa shape index (κ2) is 11.5. The molecule has 0 unspecified atom stereocenters. The molecule has 37 heavy (non-hydrogen) atoms. The van der Waals surface area contributed by atoms with Crippen LogP contribution in [0, 0.1) is 10.5 Å². The summed E-state index contributed by atoms with van der Waals surface area (Å²) in [6, 6.07) is 17.1. The summed E-state index contributed by atoms with van der Waals surface area (Å²) in [4.78, 5) is 39.3. The number of amides is 4. The van der Waals surface area contributed by atoms with E-state index in [9.17, 15) is 14.4 Å². The van der Waals surface area contributed by atoms with Crippen molar-refractivity contribution in [2.75, 3.05) is 18.6 Å². The standard InChI is InChI=1S/C28H25IN2O6/c1-4-36-21-10-8-20(9-11-21)31-27(33)22(26(32)30-28(31)34)13-19-14-23(29)25(24(15-19)35-3)37-16-18-7-5-6-17(2)12-18/h5-15H,4,16H2,1-3H3,(H,30,32,34)/b22-13+. The molecular weight excluding hydrogens is 587 g/mol. The molecule has 0 bridgehead atoms. The Morgan fingerprint density at radius 3 is 2.43 bits per heavy atom. The van der Waals surface area contributed by atoms with Gasteiger partial charge in [-0.25, -0.2) is 9.69 Å². The van der Waals surface area contributed by atoms with Gasteiger partial charge in [-0.15, -0.1) is 0 Å². The predicted molar refractivity (Wildman–Crippen MR) is 148 cm³/mol. The molecule has 1 aliphatic heterocycles. The molecule has 0 spiro atoms. The van der Waals surface area contributed by atoms with E-state index < -0.39 is 17.8 Å². The minimum Gasteiger partial charge on any atom is -0.494 e. The lowest BCUT2D eigenvalue weighted by Gasteiger charge is -2.26. The molecule has 1 aliphatic rings. The van der Waals surface area contributed by atoms with Crippen LogP contribution in [0.1, 0.15) is 23.6 Å². The molecule has 4 rings (SSSR count). The highest BCUT2D eigenvalue weighted by Gasteiger charge is 2.37. The van der Waals surface area contributed by atoms with E-state index in [1.165, 1.54) is 13.2 Å². The maximum absolute atomic E-state index is 13.2. The molecule has 0 atom stereocenters. The molecule has 1 N–H and O–H groups in total. The van der Waals surface area contributed by atoms with Gasteiger partial charge in [-0.3, -0.25) is 14.9 Å². The molecule has 1 heterocycles. The maximum Gasteiger partial charge on any atom is 0.335 e. The van der Waals surface area contributed by atoms with E-state index >= 15 is 0 Å². The zero-order valence-electron chi connectivity index (χ0n) is 20.5. The molecule has 1 fully saturated rings. The number of urea groups is 1. The molecule has 4 amide bonds. The lowest BCUT2D eigenvalue weighted by Crippen LogP contribution is -2.54. The number of benzene rings is 3. The zero-order chi connectivity index (χ0) is 26.5. The zero-order valence-corrected chi connectivity index (χ0v) is 22.7. The number of ether oxygens (including phenoxy) is 3. The van der Waals surface area contributed by atoms with E-state index in [0.29, 0.717) is 41.7 Å². The highest BCUT2D eigenvalue weighted by atomic mass is 127. The molecule has 9 heteroatoms. The van der Waals surface area contributed by atoms with Gasteiger partial charge in [0.15, 0.2) is 11.5 Å². The van der Waals surface area contributed by atoms with Crippen LogP contribution in [-0.2, 0) is 16.2 Å². The van der Waals surface area contributed by atoms with Crippen LogP contribution in [0.4, 0.5) is 10.5 Å². The number of imide groups is 2. The Hall–Kier alpha value is -3.86. The average Bonchev–Trinajstić information content (AvgIpc) is 2.86. The number of nitrogens with zero attached hydrogens (tertiary/aromatic N) is 1. The summed E-state index contributed by atoms with van der Waals surface area (Å²) in [7, 11) is 1.52. The third-order valence-corrected chi connectivity index (χ3v) is 6.34. The Balaban J connectivity index is 1.61. The van der Waals surface area contributed by atoms with E-state index in [4.69, 9.17) is 14.2 Å². The van der Waals surface area contributed by atoms with Crippen LogP contribution in [0.3, 0.4) is 0 Å². The first kappa shape index (κ1) is 26.2. The first-order chi connectivity index (χ1) is 17.8. The summed E-state index contributed by atoms with van der Waals surface area (Å²) in [5, 5.41) is 2.24. The molecule has 0 aromatic heterocycles. The number of rotatable bonds is 8. The molecule has 190 valence electrons. The van der Waals surface area contributed by atoms with E-state index in [-0.39, 0.29) is 5.57 Å². The molecule has 0 aliphatic carbocycles. The van der Waals surface area contributed by atoms with Crippen LogP contribution in [0.2, 0.25) is 0 Å². The fraction of sp³-hybridized carbons (Fsp3) is 0.179. The number of carbonyl (C=O) groups excluding carboxylic acids is 3. The normalized spacial score (nSPS) is 14.5. The second-order valence-electron chi connectivity index (χ2n) is 8.20. The van der Waals surface area contributed by atoms with E-state index in [1.807, 2.05) is 38.1 Å². The number of carbonyl (C=O) groups is 3. The van der Waals surface area contributed by atoms with Crippen LogP contribution in [0.25, 0.3) is 6.08 Å². The Morgan fingerprint density at radius 2 is 1.76 bits per heavy atom. The number of aryl methyl sites for hydroxylation is 1. The Labute approximate surface area is 228 Å². The maximum atomic E-state index is 13.2. The summed E-state index contributed by atoms with van der Waals surface area (Å²) in [6.45, 7) is 4.72. The molecule has 8 nitrogen and oxygen atoms in total. The van der Waals surface area contributed by atoms with Gasteiger partial charge in [-0.2, -0.15) is 0 Å². The van der Waals surface area contributed by atoms with Gasteiger partial charge in [-0.1, -0.05) is 29.8 Å². The Bertz CT molecular complexity index is 1380. The molecule has 1 saturated heterocycles. The van der Waals surface area contributed by atoms with Crippen molar-refractivity contribution in [3.8, 4) is 17.2 Å². The smallest absolute Gasteiger partial charge is 0.335 e. The largest absolute Gasteiger partial charge is 0.494 e. The molecule has 3 aromatic carbocycles. The van der Waals surface area contributed by atoms with Gasteiger partial charge in [0.25, 0.3) is 11.8 Å². The van der Waals surface area contributed by atoms with Gasteiger partial charge in [0.2, 0.25) is 0 Å². The van der Waals surface area contributed by atoms with Crippen LogP contribution in [-0.4, -0.2) is 31.6 Å². The number of anilines is 1. The van der Waals surface area contributed by atoms with Crippen molar-refractivity contribution in [1.29, 1.82) is 0 Å². The molecule has 0 saturated carbocycles. The van der Waals surface area contributed by atoms with Gasteiger partial charge in [0.1, 0.15) is 17.9 Å². The van der Waals surface area contributed by atoms with Gasteiger partial charge < -0.3 is 14.2 Å². The topological polar surface area (TPSA) is 94.2 Å². The van der Waals surface area contributed by atoms with E-state index in [1.54, 1.807) is 36.4 Å². The molecule has 3 aromatic rings. The minimum atomic E-state index is -0.816. The van der Waals surface area contributed by atoms with Gasteiger partial charge in [0.05, 0.1) is 23.0 Å². The number of barbiturate groups is 1. The summed E-state index contributed by atoms with van der Waals surface area (Å²) < 4.78 is 17.7. The molecular formula is C28H25IN2O6. The van der Waals surface area contributed by atoms with Gasteiger partial charge >= 0.3 is 6.03 Å². The average molecular weight is 612 g/mol. The monoisotopic (exact) mass is 612 g/mol. The van der Waals surface area contributed by atoms with Crippen molar-refractivity contribution < 1.29 is 28.6 Å². The SMILES string of the molecule is CCOc1ccc(N2C(=O)NC(=O)/C(=C\c3cc(I)c(OCc4cccc(C)c4)c(OC)c3)C2=O)cc1. The van der Waals surface area contributed by atoms with E-state index in [0.717, 1.165) is 19.6 Å². The third-order valence-electron chi connectivity index (χ3n) is 5.54.